The van der Waals surface area contributed by atoms with Gasteiger partial charge in [0.25, 0.3) is 5.91 Å². The monoisotopic (exact) mass is 342 g/mol. The first-order valence-corrected chi connectivity index (χ1v) is 7.97. The Balaban J connectivity index is 1.87. The van der Waals surface area contributed by atoms with E-state index in [4.69, 9.17) is 9.47 Å². The highest BCUT2D eigenvalue weighted by Gasteiger charge is 2.12. The Kier molecular flexibility index (Phi) is 6.39. The maximum absolute atomic E-state index is 12.1. The Morgan fingerprint density at radius 2 is 1.72 bits per heavy atom. The van der Waals surface area contributed by atoms with E-state index in [9.17, 15) is 9.59 Å². The fourth-order valence-electron chi connectivity index (χ4n) is 2.18. The van der Waals surface area contributed by atoms with Gasteiger partial charge in [0.05, 0.1) is 25.3 Å². The molecule has 0 saturated heterocycles. The molecule has 2 amide bonds. The van der Waals surface area contributed by atoms with Gasteiger partial charge >= 0.3 is 0 Å². The molecular weight excluding hydrogens is 320 g/mol. The van der Waals surface area contributed by atoms with Crippen LogP contribution in [0.3, 0.4) is 0 Å². The number of benzene rings is 2. The number of para-hydroxylation sites is 1. The lowest BCUT2D eigenvalue weighted by atomic mass is 10.2. The van der Waals surface area contributed by atoms with Gasteiger partial charge in [0.15, 0.2) is 0 Å². The van der Waals surface area contributed by atoms with Crippen LogP contribution in [0.5, 0.6) is 11.5 Å². The zero-order valence-corrected chi connectivity index (χ0v) is 14.5. The molecule has 2 aromatic rings. The summed E-state index contributed by atoms with van der Waals surface area (Å²) in [7, 11) is 1.49. The summed E-state index contributed by atoms with van der Waals surface area (Å²) < 4.78 is 10.7. The normalized spacial score (nSPS) is 10.2. The number of anilines is 1. The second kappa shape index (κ2) is 8.73. The van der Waals surface area contributed by atoms with Crippen molar-refractivity contribution in [2.75, 3.05) is 19.0 Å². The van der Waals surface area contributed by atoms with E-state index in [1.807, 2.05) is 13.8 Å². The van der Waals surface area contributed by atoms with E-state index in [0.29, 0.717) is 17.0 Å². The topological polar surface area (TPSA) is 76.7 Å². The van der Waals surface area contributed by atoms with Crippen molar-refractivity contribution in [3.8, 4) is 11.5 Å². The molecule has 0 fully saturated rings. The van der Waals surface area contributed by atoms with E-state index in [-0.39, 0.29) is 24.5 Å². The summed E-state index contributed by atoms with van der Waals surface area (Å²) >= 11 is 0. The van der Waals surface area contributed by atoms with Gasteiger partial charge in [-0.2, -0.15) is 0 Å². The smallest absolute Gasteiger partial charge is 0.255 e. The number of hydrogen-bond donors (Lipinski definition) is 2. The van der Waals surface area contributed by atoms with Gasteiger partial charge in [-0.25, -0.2) is 0 Å². The molecule has 25 heavy (non-hydrogen) atoms. The second-order valence-corrected chi connectivity index (χ2v) is 5.62. The van der Waals surface area contributed by atoms with Gasteiger partial charge in [0, 0.05) is 5.69 Å². The SMILES string of the molecule is COc1ccccc1C(=O)NCC(=O)Nc1ccc(OC(C)C)cc1. The third kappa shape index (κ3) is 5.53. The predicted molar refractivity (Wildman–Crippen MR) is 96.2 cm³/mol. The average molecular weight is 342 g/mol. The van der Waals surface area contributed by atoms with Crippen molar-refractivity contribution in [1.29, 1.82) is 0 Å². The average Bonchev–Trinajstić information content (AvgIpc) is 2.61. The van der Waals surface area contributed by atoms with Gasteiger partial charge in [0.2, 0.25) is 5.91 Å². The molecule has 0 radical (unpaired) electrons. The summed E-state index contributed by atoms with van der Waals surface area (Å²) in [5.74, 6) is 0.507. The number of carbonyl (C=O) groups excluding carboxylic acids is 2. The molecule has 2 N–H and O–H groups in total. The molecule has 0 aliphatic carbocycles. The van der Waals surface area contributed by atoms with Crippen LogP contribution in [0, 0.1) is 0 Å². The molecule has 2 aromatic carbocycles. The lowest BCUT2D eigenvalue weighted by molar-refractivity contribution is -0.115. The Labute approximate surface area is 147 Å². The second-order valence-electron chi connectivity index (χ2n) is 5.62. The van der Waals surface area contributed by atoms with Gasteiger partial charge in [-0.05, 0) is 50.2 Å². The van der Waals surface area contributed by atoms with Gasteiger partial charge in [-0.3, -0.25) is 9.59 Å². The third-order valence-electron chi connectivity index (χ3n) is 3.27. The van der Waals surface area contributed by atoms with E-state index in [0.717, 1.165) is 5.75 Å². The van der Waals surface area contributed by atoms with Crippen LogP contribution in [0.4, 0.5) is 5.69 Å². The quantitative estimate of drug-likeness (QED) is 0.811. The number of methoxy groups -OCH3 is 1. The summed E-state index contributed by atoms with van der Waals surface area (Å²) in [5.41, 5.74) is 1.01. The standard InChI is InChI=1S/C19H22N2O4/c1-13(2)25-15-10-8-14(9-11-15)21-18(22)12-20-19(23)16-6-4-5-7-17(16)24-3/h4-11,13H,12H2,1-3H3,(H,20,23)(H,21,22). The van der Waals surface area contributed by atoms with Gasteiger partial charge in [-0.1, -0.05) is 12.1 Å². The van der Waals surface area contributed by atoms with Gasteiger partial charge in [0.1, 0.15) is 11.5 Å². The van der Waals surface area contributed by atoms with Crippen molar-refractivity contribution in [2.45, 2.75) is 20.0 Å². The molecule has 132 valence electrons. The van der Waals surface area contributed by atoms with Crippen LogP contribution in [-0.4, -0.2) is 31.6 Å². The van der Waals surface area contributed by atoms with Crippen LogP contribution in [0.25, 0.3) is 0 Å². The first-order chi connectivity index (χ1) is 12.0. The Morgan fingerprint density at radius 1 is 1.04 bits per heavy atom. The van der Waals surface area contributed by atoms with Crippen molar-refractivity contribution in [1.82, 2.24) is 5.32 Å². The highest BCUT2D eigenvalue weighted by atomic mass is 16.5. The van der Waals surface area contributed by atoms with Crippen LogP contribution >= 0.6 is 0 Å². The lowest BCUT2D eigenvalue weighted by Crippen LogP contribution is -2.33. The Morgan fingerprint density at radius 3 is 2.36 bits per heavy atom. The highest BCUT2D eigenvalue weighted by Crippen LogP contribution is 2.18. The molecule has 0 spiro atoms. The molecule has 0 aliphatic rings. The summed E-state index contributed by atoms with van der Waals surface area (Å²) in [6.45, 7) is 3.75. The Bertz CT molecular complexity index is 726. The number of carbonyl (C=O) groups is 2. The zero-order chi connectivity index (χ0) is 18.2. The van der Waals surface area contributed by atoms with Crippen molar-refractivity contribution in [3.63, 3.8) is 0 Å². The summed E-state index contributed by atoms with van der Waals surface area (Å²) in [6, 6.07) is 13.9. The minimum atomic E-state index is -0.367. The molecule has 0 bridgehead atoms. The van der Waals surface area contributed by atoms with E-state index in [2.05, 4.69) is 10.6 Å². The third-order valence-corrected chi connectivity index (χ3v) is 3.27. The van der Waals surface area contributed by atoms with E-state index in [1.165, 1.54) is 7.11 Å². The molecule has 0 aliphatic heterocycles. The Hall–Kier alpha value is -3.02. The van der Waals surface area contributed by atoms with E-state index < -0.39 is 0 Å². The number of hydrogen-bond acceptors (Lipinski definition) is 4. The number of amides is 2. The minimum absolute atomic E-state index is 0.0885. The van der Waals surface area contributed by atoms with Crippen molar-refractivity contribution < 1.29 is 19.1 Å². The predicted octanol–water partition coefficient (Wildman–Crippen LogP) is 2.85. The largest absolute Gasteiger partial charge is 0.496 e. The molecule has 0 heterocycles. The fourth-order valence-corrected chi connectivity index (χ4v) is 2.18. The van der Waals surface area contributed by atoms with Crippen LogP contribution in [-0.2, 0) is 4.79 Å². The highest BCUT2D eigenvalue weighted by molar-refractivity contribution is 6.00. The summed E-state index contributed by atoms with van der Waals surface area (Å²) in [5, 5.41) is 5.29. The van der Waals surface area contributed by atoms with Crippen molar-refractivity contribution in [3.05, 3.63) is 54.1 Å². The molecular formula is C19H22N2O4. The molecule has 0 atom stereocenters. The fraction of sp³-hybridized carbons (Fsp3) is 0.263. The number of rotatable bonds is 7. The lowest BCUT2D eigenvalue weighted by Gasteiger charge is -2.11. The van der Waals surface area contributed by atoms with Crippen LogP contribution in [0.1, 0.15) is 24.2 Å². The maximum Gasteiger partial charge on any atom is 0.255 e. The number of nitrogens with one attached hydrogen (secondary N) is 2. The minimum Gasteiger partial charge on any atom is -0.496 e. The first kappa shape index (κ1) is 18.3. The van der Waals surface area contributed by atoms with Crippen LogP contribution < -0.4 is 20.1 Å². The number of ether oxygens (including phenoxy) is 2. The van der Waals surface area contributed by atoms with Crippen LogP contribution in [0.2, 0.25) is 0 Å². The molecule has 0 saturated carbocycles. The maximum atomic E-state index is 12.1. The van der Waals surface area contributed by atoms with Crippen molar-refractivity contribution >= 4 is 17.5 Å². The molecule has 2 rings (SSSR count). The molecule has 6 heteroatoms. The zero-order valence-electron chi connectivity index (χ0n) is 14.5. The molecule has 6 nitrogen and oxygen atoms in total. The van der Waals surface area contributed by atoms with Gasteiger partial charge < -0.3 is 20.1 Å². The first-order valence-electron chi connectivity index (χ1n) is 7.97. The summed E-state index contributed by atoms with van der Waals surface area (Å²) in [4.78, 5) is 24.1. The summed E-state index contributed by atoms with van der Waals surface area (Å²) in [6.07, 6.45) is 0.0885. The van der Waals surface area contributed by atoms with Gasteiger partial charge in [-0.15, -0.1) is 0 Å². The van der Waals surface area contributed by atoms with E-state index in [1.54, 1.807) is 48.5 Å². The molecule has 0 aromatic heterocycles. The van der Waals surface area contributed by atoms with E-state index >= 15 is 0 Å². The van der Waals surface area contributed by atoms with Crippen molar-refractivity contribution in [2.24, 2.45) is 0 Å². The molecule has 0 unspecified atom stereocenters. The van der Waals surface area contributed by atoms with Crippen LogP contribution in [0.15, 0.2) is 48.5 Å².